The van der Waals surface area contributed by atoms with Gasteiger partial charge in [-0.05, 0) is 38.1 Å². The van der Waals surface area contributed by atoms with Gasteiger partial charge in [0.15, 0.2) is 0 Å². The minimum absolute atomic E-state index is 0.211. The summed E-state index contributed by atoms with van der Waals surface area (Å²) in [5.41, 5.74) is 6.28. The molecule has 25 heavy (non-hydrogen) atoms. The van der Waals surface area contributed by atoms with Crippen molar-refractivity contribution in [1.29, 1.82) is 0 Å². The first kappa shape index (κ1) is 17.7. The fraction of sp³-hybridized carbons (Fsp3) is 0.500. The Balaban J connectivity index is 1.84. The summed E-state index contributed by atoms with van der Waals surface area (Å²) in [6.45, 7) is 2.68. The summed E-state index contributed by atoms with van der Waals surface area (Å²) in [4.78, 5) is 18.3. The molecule has 1 aromatic carbocycles. The molecule has 0 radical (unpaired) electrons. The molecule has 2 aromatic rings. The van der Waals surface area contributed by atoms with Gasteiger partial charge in [-0.3, -0.25) is 4.79 Å². The number of fused-ring (bicyclic) bond motifs is 1. The largest absolute Gasteiger partial charge is 0.573 e. The Bertz CT molecular complexity index is 798. The van der Waals surface area contributed by atoms with Gasteiger partial charge in [0, 0.05) is 25.2 Å². The van der Waals surface area contributed by atoms with Crippen molar-refractivity contribution in [3.63, 3.8) is 0 Å². The first-order chi connectivity index (χ1) is 11.8. The molecule has 136 valence electrons. The van der Waals surface area contributed by atoms with Crippen LogP contribution in [0, 0.1) is 0 Å². The number of rotatable bonds is 4. The van der Waals surface area contributed by atoms with Crippen molar-refractivity contribution < 1.29 is 17.9 Å². The second-order valence-corrected chi connectivity index (χ2v) is 6.13. The molecule has 0 saturated carbocycles. The highest BCUT2D eigenvalue weighted by Gasteiger charge is 2.31. The number of hydrogen-bond donors (Lipinski definition) is 1. The molecule has 0 bridgehead atoms. The maximum atomic E-state index is 12.4. The van der Waals surface area contributed by atoms with Crippen LogP contribution in [-0.4, -0.2) is 46.5 Å². The van der Waals surface area contributed by atoms with E-state index >= 15 is 0 Å². The van der Waals surface area contributed by atoms with E-state index in [2.05, 4.69) is 14.6 Å². The summed E-state index contributed by atoms with van der Waals surface area (Å²) in [6, 6.07) is 4.00. The molecule has 0 spiro atoms. The molecule has 2 heterocycles. The molecule has 1 saturated heterocycles. The quantitative estimate of drug-likeness (QED) is 0.903. The lowest BCUT2D eigenvalue weighted by molar-refractivity contribution is -0.274. The first-order valence-corrected chi connectivity index (χ1v) is 8.05. The maximum Gasteiger partial charge on any atom is 0.573 e. The highest BCUT2D eigenvalue weighted by molar-refractivity contribution is 5.76. The van der Waals surface area contributed by atoms with E-state index in [0.29, 0.717) is 24.1 Å². The van der Waals surface area contributed by atoms with Crippen LogP contribution in [0.1, 0.15) is 12.8 Å². The van der Waals surface area contributed by atoms with Gasteiger partial charge in [-0.2, -0.15) is 0 Å². The summed E-state index contributed by atoms with van der Waals surface area (Å²) >= 11 is 0. The number of piperidine rings is 1. The molecular weight excluding hydrogens is 337 g/mol. The Kier molecular flexibility index (Phi) is 4.96. The van der Waals surface area contributed by atoms with E-state index in [-0.39, 0.29) is 17.4 Å². The molecule has 1 fully saturated rings. The van der Waals surface area contributed by atoms with Crippen molar-refractivity contribution in [2.75, 3.05) is 19.6 Å². The predicted molar refractivity (Wildman–Crippen MR) is 86.3 cm³/mol. The fourth-order valence-corrected chi connectivity index (χ4v) is 2.99. The lowest BCUT2D eigenvalue weighted by atomic mass is 10.1. The number of nitrogens with zero attached hydrogens (tertiary/aromatic N) is 3. The van der Waals surface area contributed by atoms with Crippen molar-refractivity contribution in [3.05, 3.63) is 34.7 Å². The zero-order valence-corrected chi connectivity index (χ0v) is 13.5. The Morgan fingerprint density at radius 2 is 1.96 bits per heavy atom. The van der Waals surface area contributed by atoms with Crippen molar-refractivity contribution in [2.24, 2.45) is 5.73 Å². The molecule has 1 aromatic heterocycles. The third-order valence-corrected chi connectivity index (χ3v) is 4.32. The lowest BCUT2D eigenvalue weighted by Crippen LogP contribution is -2.41. The molecule has 6 nitrogen and oxygen atoms in total. The highest BCUT2D eigenvalue weighted by Crippen LogP contribution is 2.25. The minimum Gasteiger partial charge on any atom is -0.406 e. The zero-order valence-electron chi connectivity index (χ0n) is 13.5. The van der Waals surface area contributed by atoms with Crippen LogP contribution in [0.4, 0.5) is 13.2 Å². The summed E-state index contributed by atoms with van der Waals surface area (Å²) in [5, 5.41) is 0. The van der Waals surface area contributed by atoms with Crippen LogP contribution in [0.5, 0.6) is 5.75 Å². The number of ether oxygens (including phenoxy) is 1. The van der Waals surface area contributed by atoms with Crippen molar-refractivity contribution >= 4 is 11.0 Å². The average molecular weight is 356 g/mol. The Morgan fingerprint density at radius 1 is 1.24 bits per heavy atom. The number of nitrogens with two attached hydrogens (primary N) is 1. The first-order valence-electron chi connectivity index (χ1n) is 8.05. The van der Waals surface area contributed by atoms with Gasteiger partial charge in [-0.15, -0.1) is 13.2 Å². The molecule has 0 atom stereocenters. The fourth-order valence-electron chi connectivity index (χ4n) is 2.99. The van der Waals surface area contributed by atoms with Crippen LogP contribution < -0.4 is 16.0 Å². The highest BCUT2D eigenvalue weighted by atomic mass is 19.4. The van der Waals surface area contributed by atoms with Gasteiger partial charge in [0.2, 0.25) is 0 Å². The van der Waals surface area contributed by atoms with Gasteiger partial charge in [-0.1, -0.05) is 0 Å². The molecule has 1 aliphatic rings. The van der Waals surface area contributed by atoms with Crippen LogP contribution in [-0.2, 0) is 6.54 Å². The van der Waals surface area contributed by atoms with Gasteiger partial charge in [0.25, 0.3) is 5.56 Å². The Morgan fingerprint density at radius 3 is 2.64 bits per heavy atom. The molecule has 0 aliphatic carbocycles. The van der Waals surface area contributed by atoms with E-state index in [1.54, 1.807) is 0 Å². The van der Waals surface area contributed by atoms with Gasteiger partial charge in [0.1, 0.15) is 5.75 Å². The Hall–Kier alpha value is -2.13. The van der Waals surface area contributed by atoms with Crippen LogP contribution in [0.15, 0.2) is 29.2 Å². The normalized spacial score (nSPS) is 17.1. The van der Waals surface area contributed by atoms with Gasteiger partial charge >= 0.3 is 6.36 Å². The van der Waals surface area contributed by atoms with E-state index in [0.717, 1.165) is 25.9 Å². The second-order valence-electron chi connectivity index (χ2n) is 6.13. The monoisotopic (exact) mass is 356 g/mol. The number of hydrogen-bond acceptors (Lipinski definition) is 5. The number of alkyl halides is 3. The van der Waals surface area contributed by atoms with Crippen LogP contribution in [0.2, 0.25) is 0 Å². The smallest absolute Gasteiger partial charge is 0.406 e. The van der Waals surface area contributed by atoms with Crippen molar-refractivity contribution in [3.8, 4) is 5.75 Å². The van der Waals surface area contributed by atoms with Crippen LogP contribution >= 0.6 is 0 Å². The van der Waals surface area contributed by atoms with Crippen molar-refractivity contribution in [1.82, 2.24) is 14.5 Å². The molecule has 9 heteroatoms. The maximum absolute atomic E-state index is 12.4. The molecule has 0 amide bonds. The summed E-state index contributed by atoms with van der Waals surface area (Å²) in [7, 11) is 0. The summed E-state index contributed by atoms with van der Waals surface area (Å²) < 4.78 is 42.6. The van der Waals surface area contributed by atoms with E-state index in [4.69, 9.17) is 5.73 Å². The molecule has 1 aliphatic heterocycles. The number of likely N-dealkylation sites (tertiary alicyclic amines) is 1. The van der Waals surface area contributed by atoms with E-state index in [1.165, 1.54) is 29.0 Å². The number of benzene rings is 1. The van der Waals surface area contributed by atoms with Crippen LogP contribution in [0.3, 0.4) is 0 Å². The van der Waals surface area contributed by atoms with E-state index < -0.39 is 6.36 Å². The lowest BCUT2D eigenvalue weighted by Gasteiger charge is -2.30. The minimum atomic E-state index is -4.78. The second kappa shape index (κ2) is 7.01. The average Bonchev–Trinajstić information content (AvgIpc) is 2.54. The zero-order chi connectivity index (χ0) is 18.0. The van der Waals surface area contributed by atoms with Gasteiger partial charge in [-0.25, -0.2) is 4.98 Å². The van der Waals surface area contributed by atoms with E-state index in [9.17, 15) is 18.0 Å². The molecule has 2 N–H and O–H groups in total. The van der Waals surface area contributed by atoms with Crippen LogP contribution in [0.25, 0.3) is 11.0 Å². The number of halogens is 3. The van der Waals surface area contributed by atoms with Crippen molar-refractivity contribution in [2.45, 2.75) is 31.8 Å². The summed E-state index contributed by atoms with van der Waals surface area (Å²) in [5.74, 6) is -0.370. The Labute approximate surface area is 142 Å². The molecule has 0 unspecified atom stereocenters. The number of aromatic nitrogens is 2. The topological polar surface area (TPSA) is 73.4 Å². The third-order valence-electron chi connectivity index (χ3n) is 4.32. The third kappa shape index (κ3) is 4.49. The molecular formula is C16H19F3N4O2. The summed E-state index contributed by atoms with van der Waals surface area (Å²) in [6.07, 6.45) is -1.81. The molecule has 3 rings (SSSR count). The standard InChI is InChI=1S/C16H19F3N4O2/c17-16(18,19)25-12-1-2-13-14(9-12)23(15(24)10-21-13)8-7-22-5-3-11(20)4-6-22/h1-2,9-11H,3-8,20H2. The van der Waals surface area contributed by atoms with Gasteiger partial charge < -0.3 is 19.9 Å². The predicted octanol–water partition coefficient (Wildman–Crippen LogP) is 1.72. The SMILES string of the molecule is NC1CCN(CCn2c(=O)cnc3ccc(OC(F)(F)F)cc32)CC1. The van der Waals surface area contributed by atoms with E-state index in [1.807, 2.05) is 0 Å². The van der Waals surface area contributed by atoms with Gasteiger partial charge in [0.05, 0.1) is 17.2 Å².